The first kappa shape index (κ1) is 11.3. The molecule has 0 saturated heterocycles. The van der Waals surface area contributed by atoms with Crippen molar-refractivity contribution in [1.82, 2.24) is 4.98 Å². The van der Waals surface area contributed by atoms with E-state index in [-0.39, 0.29) is 5.52 Å². The molecule has 0 fully saturated rings. The number of pyridine rings is 1. The Hall–Kier alpha value is -1.23. The van der Waals surface area contributed by atoms with Crippen LogP contribution < -0.4 is 0 Å². The Morgan fingerprint density at radius 2 is 2.00 bits per heavy atom. The molecule has 1 nitrogen and oxygen atoms in total. The second kappa shape index (κ2) is 3.97. The zero-order valence-electron chi connectivity index (χ0n) is 8.38. The van der Waals surface area contributed by atoms with Crippen molar-refractivity contribution in [2.24, 2.45) is 0 Å². The number of hydrogen-bond acceptors (Lipinski definition) is 2. The van der Waals surface area contributed by atoms with E-state index in [4.69, 9.17) is 0 Å². The Morgan fingerprint density at radius 3 is 2.62 bits per heavy atom. The molecule has 0 atom stereocenters. The van der Waals surface area contributed by atoms with Gasteiger partial charge in [0.2, 0.25) is 0 Å². The Bertz CT molecular complexity index is 522. The van der Waals surface area contributed by atoms with Crippen LogP contribution in [0.1, 0.15) is 5.56 Å². The van der Waals surface area contributed by atoms with E-state index in [0.717, 1.165) is 6.07 Å². The molecule has 2 aromatic rings. The second-order valence-electron chi connectivity index (χ2n) is 3.25. The van der Waals surface area contributed by atoms with Crippen LogP contribution in [0.3, 0.4) is 0 Å². The fourth-order valence-electron chi connectivity index (χ4n) is 1.50. The van der Waals surface area contributed by atoms with Crippen LogP contribution in [0.2, 0.25) is 0 Å². The molecule has 0 aliphatic heterocycles. The van der Waals surface area contributed by atoms with Gasteiger partial charge in [-0.05, 0) is 24.5 Å². The first-order valence-corrected chi connectivity index (χ1v) is 5.75. The number of halogens is 3. The highest BCUT2D eigenvalue weighted by Gasteiger charge is 2.33. The summed E-state index contributed by atoms with van der Waals surface area (Å²) < 4.78 is 38.4. The maximum absolute atomic E-state index is 12.8. The number of hydrogen-bond donors (Lipinski definition) is 0. The molecule has 0 spiro atoms. The number of benzene rings is 1. The monoisotopic (exact) mass is 243 g/mol. The highest BCUT2D eigenvalue weighted by molar-refractivity contribution is 7.98. The number of aromatic nitrogens is 1. The van der Waals surface area contributed by atoms with Crippen molar-refractivity contribution in [2.45, 2.75) is 11.1 Å². The molecule has 1 heterocycles. The molecular formula is C11H8F3NS. The van der Waals surface area contributed by atoms with Gasteiger partial charge in [0, 0.05) is 16.5 Å². The lowest BCUT2D eigenvalue weighted by atomic mass is 10.1. The summed E-state index contributed by atoms with van der Waals surface area (Å²) in [4.78, 5) is 4.38. The summed E-state index contributed by atoms with van der Waals surface area (Å²) in [6.45, 7) is 0. The van der Waals surface area contributed by atoms with Crippen LogP contribution in [0.4, 0.5) is 13.2 Å². The Balaban J connectivity index is 2.79. The van der Waals surface area contributed by atoms with E-state index < -0.39 is 11.7 Å². The minimum Gasteiger partial charge on any atom is -0.256 e. The SMILES string of the molecule is CSc1cc(C(F)(F)F)c2ncccc2c1. The summed E-state index contributed by atoms with van der Waals surface area (Å²) in [7, 11) is 0. The van der Waals surface area contributed by atoms with E-state index in [1.165, 1.54) is 18.0 Å². The highest BCUT2D eigenvalue weighted by atomic mass is 32.2. The summed E-state index contributed by atoms with van der Waals surface area (Å²) in [6.07, 6.45) is -1.24. The van der Waals surface area contributed by atoms with Gasteiger partial charge in [-0.1, -0.05) is 6.07 Å². The zero-order valence-corrected chi connectivity index (χ0v) is 9.19. The van der Waals surface area contributed by atoms with Gasteiger partial charge in [0.25, 0.3) is 0 Å². The molecule has 5 heteroatoms. The second-order valence-corrected chi connectivity index (χ2v) is 4.13. The summed E-state index contributed by atoms with van der Waals surface area (Å²) in [6, 6.07) is 6.12. The van der Waals surface area contributed by atoms with Crippen molar-refractivity contribution in [1.29, 1.82) is 0 Å². The van der Waals surface area contributed by atoms with Crippen LogP contribution in [0.15, 0.2) is 35.4 Å². The van der Waals surface area contributed by atoms with Gasteiger partial charge in [-0.2, -0.15) is 13.2 Å². The van der Waals surface area contributed by atoms with Gasteiger partial charge >= 0.3 is 6.18 Å². The van der Waals surface area contributed by atoms with Crippen LogP contribution in [0, 0.1) is 0 Å². The first-order chi connectivity index (χ1) is 7.52. The van der Waals surface area contributed by atoms with Crippen LogP contribution >= 0.6 is 11.8 Å². The largest absolute Gasteiger partial charge is 0.418 e. The van der Waals surface area contributed by atoms with Crippen LogP contribution in [0.5, 0.6) is 0 Å². The molecule has 0 radical (unpaired) electrons. The molecule has 0 amide bonds. The predicted molar refractivity (Wildman–Crippen MR) is 58.5 cm³/mol. The Morgan fingerprint density at radius 1 is 1.25 bits per heavy atom. The normalized spacial score (nSPS) is 12.0. The summed E-state index contributed by atoms with van der Waals surface area (Å²) in [5.74, 6) is 0. The first-order valence-electron chi connectivity index (χ1n) is 4.52. The number of fused-ring (bicyclic) bond motifs is 1. The number of nitrogens with zero attached hydrogens (tertiary/aromatic N) is 1. The molecule has 84 valence electrons. The topological polar surface area (TPSA) is 12.9 Å². The molecule has 0 saturated carbocycles. The van der Waals surface area contributed by atoms with Crippen molar-refractivity contribution in [3.8, 4) is 0 Å². The third-order valence-electron chi connectivity index (χ3n) is 2.22. The molecule has 0 bridgehead atoms. The van der Waals surface area contributed by atoms with Crippen molar-refractivity contribution in [3.05, 3.63) is 36.0 Å². The predicted octanol–water partition coefficient (Wildman–Crippen LogP) is 3.98. The third kappa shape index (κ3) is 2.00. The fourth-order valence-corrected chi connectivity index (χ4v) is 1.98. The van der Waals surface area contributed by atoms with E-state index in [0.29, 0.717) is 10.3 Å². The van der Waals surface area contributed by atoms with Gasteiger partial charge in [-0.3, -0.25) is 4.98 Å². The summed E-state index contributed by atoms with van der Waals surface area (Å²) in [5, 5.41) is 0.515. The zero-order chi connectivity index (χ0) is 11.8. The quantitative estimate of drug-likeness (QED) is 0.703. The van der Waals surface area contributed by atoms with Crippen molar-refractivity contribution < 1.29 is 13.2 Å². The maximum atomic E-state index is 12.8. The summed E-state index contributed by atoms with van der Waals surface area (Å²) in [5.41, 5.74) is -0.664. The van der Waals surface area contributed by atoms with Crippen molar-refractivity contribution >= 4 is 22.7 Å². The smallest absolute Gasteiger partial charge is 0.256 e. The van der Waals surface area contributed by atoms with E-state index in [1.807, 2.05) is 0 Å². The van der Waals surface area contributed by atoms with Gasteiger partial charge in [0.15, 0.2) is 0 Å². The van der Waals surface area contributed by atoms with E-state index in [9.17, 15) is 13.2 Å². The van der Waals surface area contributed by atoms with Crippen molar-refractivity contribution in [2.75, 3.05) is 6.26 Å². The molecule has 2 rings (SSSR count). The van der Waals surface area contributed by atoms with Gasteiger partial charge in [-0.25, -0.2) is 0 Å². The van der Waals surface area contributed by atoms with Gasteiger partial charge in [0.05, 0.1) is 11.1 Å². The van der Waals surface area contributed by atoms with Crippen LogP contribution in [-0.4, -0.2) is 11.2 Å². The Kier molecular flexibility index (Phi) is 2.80. The van der Waals surface area contributed by atoms with E-state index in [2.05, 4.69) is 4.98 Å². The average Bonchev–Trinajstić information content (AvgIpc) is 2.26. The molecule has 0 unspecified atom stereocenters. The molecule has 1 aromatic carbocycles. The lowest BCUT2D eigenvalue weighted by Gasteiger charge is -2.11. The third-order valence-corrected chi connectivity index (χ3v) is 2.93. The molecule has 16 heavy (non-hydrogen) atoms. The van der Waals surface area contributed by atoms with Gasteiger partial charge in [0.1, 0.15) is 0 Å². The minimum atomic E-state index is -4.36. The number of alkyl halides is 3. The lowest BCUT2D eigenvalue weighted by molar-refractivity contribution is -0.136. The molecular weight excluding hydrogens is 235 g/mol. The molecule has 0 aliphatic rings. The lowest BCUT2D eigenvalue weighted by Crippen LogP contribution is -2.06. The van der Waals surface area contributed by atoms with E-state index >= 15 is 0 Å². The molecule has 0 aliphatic carbocycles. The highest BCUT2D eigenvalue weighted by Crippen LogP contribution is 2.36. The molecule has 1 aromatic heterocycles. The van der Waals surface area contributed by atoms with Crippen molar-refractivity contribution in [3.63, 3.8) is 0 Å². The number of rotatable bonds is 1. The van der Waals surface area contributed by atoms with Gasteiger partial charge < -0.3 is 0 Å². The molecule has 0 N–H and O–H groups in total. The Labute approximate surface area is 94.7 Å². The van der Waals surface area contributed by atoms with E-state index in [1.54, 1.807) is 24.5 Å². The summed E-state index contributed by atoms with van der Waals surface area (Å²) >= 11 is 1.29. The van der Waals surface area contributed by atoms with Crippen LogP contribution in [0.25, 0.3) is 10.9 Å². The van der Waals surface area contributed by atoms with Gasteiger partial charge in [-0.15, -0.1) is 11.8 Å². The maximum Gasteiger partial charge on any atom is 0.418 e. The minimum absolute atomic E-state index is 0.00722. The average molecular weight is 243 g/mol. The number of thioether (sulfide) groups is 1. The fraction of sp³-hybridized carbons (Fsp3) is 0.182. The van der Waals surface area contributed by atoms with Crippen LogP contribution in [-0.2, 0) is 6.18 Å². The standard InChI is InChI=1S/C11H8F3NS/c1-16-8-5-7-3-2-4-15-10(7)9(6-8)11(12,13)14/h2-6H,1H3.